The molecule has 0 spiro atoms. The van der Waals surface area contributed by atoms with Crippen LogP contribution < -0.4 is 5.32 Å². The highest BCUT2D eigenvalue weighted by molar-refractivity contribution is 5.34. The van der Waals surface area contributed by atoms with E-state index in [-0.39, 0.29) is 6.04 Å². The van der Waals surface area contributed by atoms with Gasteiger partial charge in [0.2, 0.25) is 0 Å². The summed E-state index contributed by atoms with van der Waals surface area (Å²) in [5.41, 5.74) is 1.01. The van der Waals surface area contributed by atoms with Crippen LogP contribution in [0.25, 0.3) is 0 Å². The molecule has 2 nitrogen and oxygen atoms in total. The first-order valence-corrected chi connectivity index (χ1v) is 7.22. The lowest BCUT2D eigenvalue weighted by Gasteiger charge is -2.27. The van der Waals surface area contributed by atoms with E-state index in [9.17, 15) is 5.11 Å². The molecule has 2 heteroatoms. The van der Waals surface area contributed by atoms with Crippen LogP contribution in [0.3, 0.4) is 0 Å². The maximum atomic E-state index is 9.89. The molecule has 0 aliphatic heterocycles. The van der Waals surface area contributed by atoms with E-state index in [2.05, 4.69) is 19.2 Å². The van der Waals surface area contributed by atoms with Crippen LogP contribution in [0.1, 0.15) is 57.6 Å². The largest absolute Gasteiger partial charge is 0.508 e. The van der Waals surface area contributed by atoms with Crippen molar-refractivity contribution < 1.29 is 5.11 Å². The van der Waals surface area contributed by atoms with E-state index in [0.717, 1.165) is 11.5 Å². The second kappa shape index (κ2) is 6.24. The van der Waals surface area contributed by atoms with Gasteiger partial charge in [0.05, 0.1) is 0 Å². The first-order chi connectivity index (χ1) is 8.68. The molecule has 1 aromatic carbocycles. The molecule has 3 atom stereocenters. The topological polar surface area (TPSA) is 32.3 Å². The molecule has 0 amide bonds. The van der Waals surface area contributed by atoms with E-state index in [1.165, 1.54) is 32.1 Å². The predicted octanol–water partition coefficient (Wildman–Crippen LogP) is 4.01. The number of para-hydroxylation sites is 1. The van der Waals surface area contributed by atoms with Crippen LogP contribution in [-0.4, -0.2) is 11.1 Å². The van der Waals surface area contributed by atoms with E-state index >= 15 is 0 Å². The van der Waals surface area contributed by atoms with Crippen molar-refractivity contribution in [1.82, 2.24) is 5.32 Å². The van der Waals surface area contributed by atoms with Crippen molar-refractivity contribution in [3.8, 4) is 5.75 Å². The van der Waals surface area contributed by atoms with Gasteiger partial charge in [-0.2, -0.15) is 0 Å². The monoisotopic (exact) mass is 247 g/mol. The van der Waals surface area contributed by atoms with Crippen molar-refractivity contribution in [2.24, 2.45) is 5.92 Å². The van der Waals surface area contributed by atoms with Crippen molar-refractivity contribution >= 4 is 0 Å². The molecule has 1 aliphatic carbocycles. The maximum absolute atomic E-state index is 9.89. The van der Waals surface area contributed by atoms with E-state index in [1.807, 2.05) is 18.2 Å². The second-order valence-electron chi connectivity index (χ2n) is 5.67. The van der Waals surface area contributed by atoms with Crippen LogP contribution in [0, 0.1) is 5.92 Å². The number of hydrogen-bond donors (Lipinski definition) is 2. The van der Waals surface area contributed by atoms with Crippen LogP contribution in [-0.2, 0) is 0 Å². The minimum atomic E-state index is 0.219. The highest BCUT2D eigenvalue weighted by Gasteiger charge is 2.22. The first kappa shape index (κ1) is 13.4. The zero-order valence-corrected chi connectivity index (χ0v) is 11.5. The lowest BCUT2D eigenvalue weighted by molar-refractivity contribution is 0.326. The summed E-state index contributed by atoms with van der Waals surface area (Å²) in [4.78, 5) is 0. The molecule has 2 N–H and O–H groups in total. The van der Waals surface area contributed by atoms with E-state index in [4.69, 9.17) is 0 Å². The zero-order valence-electron chi connectivity index (χ0n) is 11.5. The normalized spacial score (nSPS) is 26.6. The molecule has 1 fully saturated rings. The average molecular weight is 247 g/mol. The van der Waals surface area contributed by atoms with Gasteiger partial charge in [-0.3, -0.25) is 0 Å². The Morgan fingerprint density at radius 2 is 1.89 bits per heavy atom. The van der Waals surface area contributed by atoms with Crippen molar-refractivity contribution in [3.05, 3.63) is 29.8 Å². The Hall–Kier alpha value is -1.02. The molecule has 18 heavy (non-hydrogen) atoms. The third-order valence-corrected chi connectivity index (χ3v) is 4.23. The van der Waals surface area contributed by atoms with Crippen molar-refractivity contribution in [2.75, 3.05) is 0 Å². The minimum absolute atomic E-state index is 0.219. The van der Waals surface area contributed by atoms with Gasteiger partial charge in [-0.15, -0.1) is 0 Å². The summed E-state index contributed by atoms with van der Waals surface area (Å²) in [5, 5.41) is 13.6. The molecule has 2 rings (SSSR count). The van der Waals surface area contributed by atoms with Crippen LogP contribution in [0.5, 0.6) is 5.75 Å². The maximum Gasteiger partial charge on any atom is 0.120 e. The number of phenolic OH excluding ortho intramolecular Hbond substituents is 1. The van der Waals surface area contributed by atoms with Gasteiger partial charge < -0.3 is 10.4 Å². The fourth-order valence-corrected chi connectivity index (χ4v) is 3.01. The molecule has 0 aromatic heterocycles. The van der Waals surface area contributed by atoms with Crippen LogP contribution >= 0.6 is 0 Å². The number of hydrogen-bond acceptors (Lipinski definition) is 2. The minimum Gasteiger partial charge on any atom is -0.508 e. The summed E-state index contributed by atoms with van der Waals surface area (Å²) in [6, 6.07) is 8.45. The van der Waals surface area contributed by atoms with E-state index < -0.39 is 0 Å². The molecule has 1 aliphatic rings. The number of phenols is 1. The Labute approximate surface area is 110 Å². The number of rotatable bonds is 3. The van der Waals surface area contributed by atoms with Gasteiger partial charge in [-0.05, 0) is 31.7 Å². The quantitative estimate of drug-likeness (QED) is 0.791. The Bertz CT molecular complexity index is 377. The zero-order chi connectivity index (χ0) is 13.0. The summed E-state index contributed by atoms with van der Waals surface area (Å²) in [6.07, 6.45) is 6.65. The van der Waals surface area contributed by atoms with Crippen molar-refractivity contribution in [1.29, 1.82) is 0 Å². The fourth-order valence-electron chi connectivity index (χ4n) is 3.01. The summed E-state index contributed by atoms with van der Waals surface area (Å²) in [5.74, 6) is 1.14. The Morgan fingerprint density at radius 3 is 2.67 bits per heavy atom. The Balaban J connectivity index is 2.02. The molecule has 100 valence electrons. The highest BCUT2D eigenvalue weighted by Crippen LogP contribution is 2.28. The first-order valence-electron chi connectivity index (χ1n) is 7.22. The van der Waals surface area contributed by atoms with Crippen LogP contribution in [0.4, 0.5) is 0 Å². The standard InChI is InChI=1S/C16H25NO/c1-12-8-4-3-5-10-15(12)17-13(2)14-9-6-7-11-16(14)18/h6-7,9,11-13,15,17-18H,3-5,8,10H2,1-2H3. The van der Waals surface area contributed by atoms with Gasteiger partial charge in [0, 0.05) is 17.6 Å². The summed E-state index contributed by atoms with van der Waals surface area (Å²) in [6.45, 7) is 4.49. The number of benzene rings is 1. The molecule has 0 bridgehead atoms. The molecule has 0 heterocycles. The smallest absolute Gasteiger partial charge is 0.120 e. The van der Waals surface area contributed by atoms with E-state index in [0.29, 0.717) is 11.8 Å². The molecule has 0 saturated heterocycles. The molecular weight excluding hydrogens is 222 g/mol. The molecule has 3 unspecified atom stereocenters. The number of nitrogens with one attached hydrogen (secondary N) is 1. The number of aromatic hydroxyl groups is 1. The van der Waals surface area contributed by atoms with Crippen molar-refractivity contribution in [3.63, 3.8) is 0 Å². The van der Waals surface area contributed by atoms with Crippen LogP contribution in [0.15, 0.2) is 24.3 Å². The molecule has 0 radical (unpaired) electrons. The molecular formula is C16H25NO. The van der Waals surface area contributed by atoms with Gasteiger partial charge >= 0.3 is 0 Å². The fraction of sp³-hybridized carbons (Fsp3) is 0.625. The Morgan fingerprint density at radius 1 is 1.17 bits per heavy atom. The summed E-state index contributed by atoms with van der Waals surface area (Å²) < 4.78 is 0. The Kier molecular flexibility index (Phi) is 4.65. The van der Waals surface area contributed by atoms with Gasteiger partial charge in [0.25, 0.3) is 0 Å². The van der Waals surface area contributed by atoms with Crippen LogP contribution in [0.2, 0.25) is 0 Å². The van der Waals surface area contributed by atoms with Gasteiger partial charge in [-0.1, -0.05) is 44.4 Å². The van der Waals surface area contributed by atoms with E-state index in [1.54, 1.807) is 6.07 Å². The molecule has 1 saturated carbocycles. The second-order valence-corrected chi connectivity index (χ2v) is 5.67. The van der Waals surface area contributed by atoms with Gasteiger partial charge in [0.15, 0.2) is 0 Å². The van der Waals surface area contributed by atoms with Gasteiger partial charge in [0.1, 0.15) is 5.75 Å². The lowest BCUT2D eigenvalue weighted by Crippen LogP contribution is -2.36. The molecule has 1 aromatic rings. The van der Waals surface area contributed by atoms with Gasteiger partial charge in [-0.25, -0.2) is 0 Å². The summed E-state index contributed by atoms with van der Waals surface area (Å²) >= 11 is 0. The highest BCUT2D eigenvalue weighted by atomic mass is 16.3. The average Bonchev–Trinajstić information content (AvgIpc) is 2.55. The van der Waals surface area contributed by atoms with Crippen molar-refractivity contribution in [2.45, 2.75) is 58.0 Å². The lowest BCUT2D eigenvalue weighted by atomic mass is 9.95. The third-order valence-electron chi connectivity index (χ3n) is 4.23. The third kappa shape index (κ3) is 3.26. The SMILES string of the molecule is CC(NC1CCCCCC1C)c1ccccc1O. The predicted molar refractivity (Wildman–Crippen MR) is 75.7 cm³/mol. The summed E-state index contributed by atoms with van der Waals surface area (Å²) in [7, 11) is 0.